The van der Waals surface area contributed by atoms with E-state index in [-0.39, 0.29) is 0 Å². The van der Waals surface area contributed by atoms with E-state index in [1.807, 2.05) is 6.07 Å². The molecule has 0 unspecified atom stereocenters. The number of rotatable bonds is 3. The summed E-state index contributed by atoms with van der Waals surface area (Å²) >= 11 is 0. The highest BCUT2D eigenvalue weighted by Crippen LogP contribution is 2.20. The smallest absolute Gasteiger partial charge is 0.143 e. The van der Waals surface area contributed by atoms with E-state index >= 15 is 0 Å². The summed E-state index contributed by atoms with van der Waals surface area (Å²) in [7, 11) is -1.41. The first kappa shape index (κ1) is 13.6. The van der Waals surface area contributed by atoms with Crippen LogP contribution in [0.15, 0.2) is 12.4 Å². The van der Waals surface area contributed by atoms with E-state index in [9.17, 15) is 0 Å². The van der Waals surface area contributed by atoms with Crippen molar-refractivity contribution in [1.82, 2.24) is 15.0 Å². The molecule has 2 rings (SSSR count). The first-order valence-corrected chi connectivity index (χ1v) is 9.38. The highest BCUT2D eigenvalue weighted by molar-refractivity contribution is 6.87. The second-order valence-electron chi connectivity index (χ2n) is 4.80. The third-order valence-corrected chi connectivity index (χ3v) is 8.67. The van der Waals surface area contributed by atoms with Crippen LogP contribution >= 0.6 is 0 Å². The lowest BCUT2D eigenvalue weighted by Crippen LogP contribution is -2.29. The number of aromatic nitrogens is 3. The molecule has 4 nitrogen and oxygen atoms in total. The van der Waals surface area contributed by atoms with E-state index in [0.717, 1.165) is 16.7 Å². The highest BCUT2D eigenvalue weighted by atomic mass is 28.3. The fourth-order valence-electron chi connectivity index (χ4n) is 2.24. The van der Waals surface area contributed by atoms with Gasteiger partial charge in [0, 0.05) is 0 Å². The SMILES string of the molecule is CC[Si](C#Cc1cc2c(N)ncnc2[nH]1)(CC)CC. The van der Waals surface area contributed by atoms with Crippen LogP contribution in [0.3, 0.4) is 0 Å². The summed E-state index contributed by atoms with van der Waals surface area (Å²) in [5.41, 5.74) is 11.0. The Kier molecular flexibility index (Phi) is 3.91. The number of nitrogens with two attached hydrogens (primary N) is 1. The van der Waals surface area contributed by atoms with Crippen molar-refractivity contribution >= 4 is 24.9 Å². The van der Waals surface area contributed by atoms with Crippen molar-refractivity contribution in [3.05, 3.63) is 18.1 Å². The number of nitrogens with zero attached hydrogens (tertiary/aromatic N) is 2. The molecule has 2 aromatic rings. The van der Waals surface area contributed by atoms with Crippen LogP contribution in [0.2, 0.25) is 18.1 Å². The quantitative estimate of drug-likeness (QED) is 0.667. The van der Waals surface area contributed by atoms with Gasteiger partial charge < -0.3 is 10.7 Å². The van der Waals surface area contributed by atoms with E-state index in [1.54, 1.807) is 0 Å². The first-order valence-electron chi connectivity index (χ1n) is 6.76. The summed E-state index contributed by atoms with van der Waals surface area (Å²) in [4.78, 5) is 11.3. The molecule has 3 N–H and O–H groups in total. The molecule has 2 aromatic heterocycles. The first-order chi connectivity index (χ1) is 9.14. The van der Waals surface area contributed by atoms with Crippen molar-refractivity contribution < 1.29 is 0 Å². The van der Waals surface area contributed by atoms with Gasteiger partial charge in [0.05, 0.1) is 11.1 Å². The topological polar surface area (TPSA) is 67.6 Å². The minimum atomic E-state index is -1.41. The van der Waals surface area contributed by atoms with Gasteiger partial charge in [0.25, 0.3) is 0 Å². The zero-order valence-electron chi connectivity index (χ0n) is 11.7. The van der Waals surface area contributed by atoms with Gasteiger partial charge in [-0.3, -0.25) is 0 Å². The normalized spacial score (nSPS) is 11.3. The lowest BCUT2D eigenvalue weighted by atomic mass is 10.3. The van der Waals surface area contributed by atoms with Crippen LogP contribution in [-0.2, 0) is 0 Å². The van der Waals surface area contributed by atoms with Gasteiger partial charge in [0.15, 0.2) is 0 Å². The summed E-state index contributed by atoms with van der Waals surface area (Å²) in [6, 6.07) is 5.55. The van der Waals surface area contributed by atoms with Gasteiger partial charge in [-0.25, -0.2) is 9.97 Å². The number of anilines is 1. The Bertz CT molecular complexity index is 623. The molecule has 0 aliphatic carbocycles. The Morgan fingerprint density at radius 2 is 1.89 bits per heavy atom. The number of hydrogen-bond acceptors (Lipinski definition) is 3. The summed E-state index contributed by atoms with van der Waals surface area (Å²) in [6.45, 7) is 6.76. The van der Waals surface area contributed by atoms with Crippen LogP contribution in [0, 0.1) is 11.5 Å². The van der Waals surface area contributed by atoms with Gasteiger partial charge in [0.2, 0.25) is 0 Å². The molecule has 0 saturated heterocycles. The molecule has 0 bridgehead atoms. The molecule has 0 amide bonds. The molecule has 0 saturated carbocycles. The third kappa shape index (κ3) is 2.64. The van der Waals surface area contributed by atoms with Gasteiger partial charge in [-0.05, 0) is 24.2 Å². The van der Waals surface area contributed by atoms with E-state index in [1.165, 1.54) is 24.5 Å². The monoisotopic (exact) mass is 272 g/mol. The molecule has 0 radical (unpaired) electrons. The van der Waals surface area contributed by atoms with Gasteiger partial charge in [-0.2, -0.15) is 0 Å². The van der Waals surface area contributed by atoms with Gasteiger partial charge in [-0.1, -0.05) is 26.7 Å². The van der Waals surface area contributed by atoms with Crippen molar-refractivity contribution in [3.8, 4) is 11.5 Å². The number of nitrogen functional groups attached to an aromatic ring is 1. The average molecular weight is 272 g/mol. The molecule has 0 aliphatic heterocycles. The molecule has 0 fully saturated rings. The Labute approximate surface area is 114 Å². The molecular formula is C14H20N4Si. The third-order valence-electron chi connectivity index (χ3n) is 3.95. The van der Waals surface area contributed by atoms with Crippen LogP contribution in [0.1, 0.15) is 26.5 Å². The Balaban J connectivity index is 2.39. The predicted octanol–water partition coefficient (Wildman–Crippen LogP) is 2.94. The molecular weight excluding hydrogens is 252 g/mol. The summed E-state index contributed by atoms with van der Waals surface area (Å²) in [5.74, 6) is 3.79. The van der Waals surface area contributed by atoms with Crippen molar-refractivity contribution in [3.63, 3.8) is 0 Å². The second-order valence-corrected chi connectivity index (χ2v) is 9.73. The van der Waals surface area contributed by atoms with Crippen LogP contribution in [-0.4, -0.2) is 23.0 Å². The average Bonchev–Trinajstić information content (AvgIpc) is 2.86. The standard InChI is InChI=1S/C14H20N4Si/c1-4-19(5-2,6-3)8-7-11-9-12-13(15)16-10-17-14(12)18-11/h9-10H,4-6H2,1-3H3,(H3,15,16,17,18). The number of nitrogens with one attached hydrogen (secondary N) is 1. The maximum atomic E-state index is 5.82. The zero-order valence-corrected chi connectivity index (χ0v) is 12.7. The van der Waals surface area contributed by atoms with Gasteiger partial charge >= 0.3 is 0 Å². The molecule has 0 atom stereocenters. The van der Waals surface area contributed by atoms with Gasteiger partial charge in [0.1, 0.15) is 25.9 Å². The Morgan fingerprint density at radius 3 is 2.47 bits per heavy atom. The lowest BCUT2D eigenvalue weighted by Gasteiger charge is -2.19. The second kappa shape index (κ2) is 5.45. The molecule has 2 heterocycles. The maximum Gasteiger partial charge on any atom is 0.143 e. The molecule has 5 heteroatoms. The molecule has 0 aromatic carbocycles. The number of fused-ring (bicyclic) bond motifs is 1. The van der Waals surface area contributed by atoms with Crippen molar-refractivity contribution in [2.75, 3.05) is 5.73 Å². The highest BCUT2D eigenvalue weighted by Gasteiger charge is 2.24. The largest absolute Gasteiger partial charge is 0.383 e. The van der Waals surface area contributed by atoms with Crippen LogP contribution in [0.25, 0.3) is 11.0 Å². The zero-order chi connectivity index (χ0) is 13.9. The van der Waals surface area contributed by atoms with Crippen molar-refractivity contribution in [2.24, 2.45) is 0 Å². The van der Waals surface area contributed by atoms with E-state index in [0.29, 0.717) is 5.82 Å². The fraction of sp³-hybridized carbons (Fsp3) is 0.429. The van der Waals surface area contributed by atoms with Crippen molar-refractivity contribution in [2.45, 2.75) is 38.9 Å². The minimum absolute atomic E-state index is 0.499. The van der Waals surface area contributed by atoms with Crippen LogP contribution in [0.5, 0.6) is 0 Å². The van der Waals surface area contributed by atoms with E-state index < -0.39 is 8.07 Å². The Hall–Kier alpha value is -1.80. The number of hydrogen-bond donors (Lipinski definition) is 2. The minimum Gasteiger partial charge on any atom is -0.383 e. The Morgan fingerprint density at radius 1 is 1.21 bits per heavy atom. The molecule has 0 aliphatic rings. The maximum absolute atomic E-state index is 5.82. The number of aromatic amines is 1. The summed E-state index contributed by atoms with van der Waals surface area (Å²) in [5, 5.41) is 0.851. The lowest BCUT2D eigenvalue weighted by molar-refractivity contribution is 1.20. The summed E-state index contributed by atoms with van der Waals surface area (Å²) < 4.78 is 0. The van der Waals surface area contributed by atoms with Crippen LogP contribution in [0.4, 0.5) is 5.82 Å². The molecule has 0 spiro atoms. The fourth-order valence-corrected chi connectivity index (χ4v) is 4.67. The van der Waals surface area contributed by atoms with Crippen molar-refractivity contribution in [1.29, 1.82) is 0 Å². The van der Waals surface area contributed by atoms with Gasteiger partial charge in [-0.15, -0.1) is 5.54 Å². The van der Waals surface area contributed by atoms with E-state index in [4.69, 9.17) is 5.73 Å². The van der Waals surface area contributed by atoms with Crippen LogP contribution < -0.4 is 5.73 Å². The molecule has 19 heavy (non-hydrogen) atoms. The van der Waals surface area contributed by atoms with E-state index in [2.05, 4.69) is 47.2 Å². The molecule has 100 valence electrons. The number of H-pyrrole nitrogens is 1. The summed E-state index contributed by atoms with van der Waals surface area (Å²) in [6.07, 6.45) is 1.47. The predicted molar refractivity (Wildman–Crippen MR) is 82.4 cm³/mol.